The minimum atomic E-state index is -0.803. The van der Waals surface area contributed by atoms with Gasteiger partial charge in [0.05, 0.1) is 12.6 Å². The number of hydrogen-bond donors (Lipinski definition) is 2. The lowest BCUT2D eigenvalue weighted by atomic mass is 9.77. The highest BCUT2D eigenvalue weighted by Crippen LogP contribution is 2.38. The minimum Gasteiger partial charge on any atom is -0.352 e. The van der Waals surface area contributed by atoms with Gasteiger partial charge >= 0.3 is 0 Å². The summed E-state index contributed by atoms with van der Waals surface area (Å²) in [6.45, 7) is 4.27. The van der Waals surface area contributed by atoms with Gasteiger partial charge in [-0.1, -0.05) is 6.92 Å². The summed E-state index contributed by atoms with van der Waals surface area (Å²) in [5.41, 5.74) is 0. The number of alkyl halides is 1. The van der Waals surface area contributed by atoms with E-state index in [0.717, 1.165) is 38.6 Å². The third-order valence-electron chi connectivity index (χ3n) is 8.93. The Hall–Kier alpha value is -1.74. The SMILES string of the molecule is CC1CCC(F)C2CC(C(=O)N[C@@H]3CCC[C@@H](N4CCN5C(=O)CN(C)C(=O)[C@@H]5C4)C3)NC12. The van der Waals surface area contributed by atoms with Gasteiger partial charge in [-0.3, -0.25) is 19.3 Å². The molecular weight excluding hydrogens is 425 g/mol. The van der Waals surface area contributed by atoms with Crippen LogP contribution in [-0.2, 0) is 14.4 Å². The third-order valence-corrected chi connectivity index (χ3v) is 8.93. The minimum absolute atomic E-state index is 0.00829. The number of carbonyl (C=O) groups is 3. The molecule has 2 aliphatic carbocycles. The van der Waals surface area contributed by atoms with Crippen LogP contribution < -0.4 is 10.6 Å². The molecule has 9 heteroatoms. The van der Waals surface area contributed by atoms with E-state index in [4.69, 9.17) is 0 Å². The summed E-state index contributed by atoms with van der Waals surface area (Å²) in [5.74, 6) is 0.424. The number of likely N-dealkylation sites (N-methyl/N-ethyl adjacent to an activating group) is 1. The molecule has 0 radical (unpaired) electrons. The van der Waals surface area contributed by atoms with Crippen LogP contribution in [0.3, 0.4) is 0 Å². The fraction of sp³-hybridized carbons (Fsp3) is 0.875. The van der Waals surface area contributed by atoms with E-state index >= 15 is 0 Å². The Labute approximate surface area is 195 Å². The van der Waals surface area contributed by atoms with E-state index in [1.165, 1.54) is 4.90 Å². The van der Waals surface area contributed by atoms with E-state index in [1.54, 1.807) is 11.9 Å². The molecule has 33 heavy (non-hydrogen) atoms. The molecular formula is C24H38FN5O3. The van der Waals surface area contributed by atoms with Gasteiger partial charge in [-0.15, -0.1) is 0 Å². The summed E-state index contributed by atoms with van der Waals surface area (Å²) in [7, 11) is 1.70. The van der Waals surface area contributed by atoms with Crippen LogP contribution in [0.25, 0.3) is 0 Å². The Morgan fingerprint density at radius 1 is 1.12 bits per heavy atom. The first kappa shape index (κ1) is 23.0. The zero-order valence-electron chi connectivity index (χ0n) is 19.8. The van der Waals surface area contributed by atoms with Gasteiger partial charge < -0.3 is 20.4 Å². The van der Waals surface area contributed by atoms with Crippen molar-refractivity contribution in [2.45, 2.75) is 88.3 Å². The van der Waals surface area contributed by atoms with Crippen molar-refractivity contribution in [3.63, 3.8) is 0 Å². The second-order valence-electron chi connectivity index (χ2n) is 11.0. The topological polar surface area (TPSA) is 85.0 Å². The Balaban J connectivity index is 1.16. The standard InChI is InChI=1S/C24H38FN5O3/c1-14-6-7-18(25)17-11-19(27-22(14)17)23(32)26-15-4-3-5-16(10-15)29-8-9-30-20(12-29)24(33)28(2)13-21(30)31/h14-20,22,27H,3-13H2,1-2H3,(H,26,32)/t14?,15-,16-,17?,18?,19?,20+,22?/m1/s1. The number of piperazine rings is 2. The summed E-state index contributed by atoms with van der Waals surface area (Å²) in [5, 5.41) is 6.70. The van der Waals surface area contributed by atoms with E-state index in [9.17, 15) is 18.8 Å². The largest absolute Gasteiger partial charge is 0.352 e. The van der Waals surface area contributed by atoms with Crippen molar-refractivity contribution in [1.29, 1.82) is 0 Å². The van der Waals surface area contributed by atoms with Gasteiger partial charge in [0.1, 0.15) is 12.2 Å². The maximum atomic E-state index is 14.4. The van der Waals surface area contributed by atoms with Crippen molar-refractivity contribution in [2.75, 3.05) is 33.2 Å². The molecule has 5 aliphatic rings. The molecule has 5 rings (SSSR count). The number of carbonyl (C=O) groups excluding carboxylic acids is 3. The van der Waals surface area contributed by atoms with Gasteiger partial charge in [0.25, 0.3) is 0 Å². The highest BCUT2D eigenvalue weighted by Gasteiger charge is 2.47. The van der Waals surface area contributed by atoms with Crippen molar-refractivity contribution in [1.82, 2.24) is 25.3 Å². The molecule has 0 bridgehead atoms. The molecule has 0 aromatic carbocycles. The van der Waals surface area contributed by atoms with Crippen LogP contribution in [0.1, 0.15) is 51.9 Å². The van der Waals surface area contributed by atoms with E-state index in [1.807, 2.05) is 0 Å². The second kappa shape index (κ2) is 9.13. The smallest absolute Gasteiger partial charge is 0.246 e. The molecule has 3 saturated heterocycles. The summed E-state index contributed by atoms with van der Waals surface area (Å²) < 4.78 is 14.4. The van der Waals surface area contributed by atoms with E-state index < -0.39 is 6.17 Å². The lowest BCUT2D eigenvalue weighted by Crippen LogP contribution is -2.67. The zero-order chi connectivity index (χ0) is 23.3. The molecule has 0 aromatic heterocycles. The van der Waals surface area contributed by atoms with Gasteiger partial charge in [-0.25, -0.2) is 4.39 Å². The van der Waals surface area contributed by atoms with Crippen molar-refractivity contribution < 1.29 is 18.8 Å². The predicted octanol–water partition coefficient (Wildman–Crippen LogP) is 0.513. The first-order valence-electron chi connectivity index (χ1n) is 12.8. The third kappa shape index (κ3) is 4.38. The number of hydrogen-bond acceptors (Lipinski definition) is 5. The molecule has 2 saturated carbocycles. The average molecular weight is 464 g/mol. The van der Waals surface area contributed by atoms with E-state index in [2.05, 4.69) is 22.5 Å². The summed E-state index contributed by atoms with van der Waals surface area (Å²) >= 11 is 0. The van der Waals surface area contributed by atoms with Crippen molar-refractivity contribution in [3.05, 3.63) is 0 Å². The number of nitrogens with one attached hydrogen (secondary N) is 2. The normalized spacial score (nSPS) is 42.2. The van der Waals surface area contributed by atoms with Gasteiger partial charge in [-0.05, 0) is 50.9 Å². The Morgan fingerprint density at radius 2 is 1.94 bits per heavy atom. The fourth-order valence-corrected chi connectivity index (χ4v) is 7.00. The summed E-state index contributed by atoms with van der Waals surface area (Å²) in [6.07, 6.45) is 5.16. The molecule has 3 aliphatic heterocycles. The highest BCUT2D eigenvalue weighted by molar-refractivity contribution is 5.95. The monoisotopic (exact) mass is 463 g/mol. The maximum absolute atomic E-state index is 14.4. The average Bonchev–Trinajstić information content (AvgIpc) is 3.27. The Bertz CT molecular complexity index is 778. The molecule has 2 N–H and O–H groups in total. The van der Waals surface area contributed by atoms with Crippen molar-refractivity contribution in [2.24, 2.45) is 11.8 Å². The Kier molecular flexibility index (Phi) is 6.37. The highest BCUT2D eigenvalue weighted by atomic mass is 19.1. The molecule has 8 nitrogen and oxygen atoms in total. The summed E-state index contributed by atoms with van der Waals surface area (Å²) in [4.78, 5) is 43.7. The molecule has 3 heterocycles. The lowest BCUT2D eigenvalue weighted by Gasteiger charge is -2.48. The van der Waals surface area contributed by atoms with Crippen LogP contribution in [0, 0.1) is 11.8 Å². The number of nitrogens with zero attached hydrogens (tertiary/aromatic N) is 3. The van der Waals surface area contributed by atoms with Crippen LogP contribution in [0.5, 0.6) is 0 Å². The van der Waals surface area contributed by atoms with Crippen LogP contribution >= 0.6 is 0 Å². The van der Waals surface area contributed by atoms with Crippen LogP contribution in [-0.4, -0.2) is 102 Å². The molecule has 184 valence electrons. The zero-order valence-corrected chi connectivity index (χ0v) is 19.8. The van der Waals surface area contributed by atoms with Crippen molar-refractivity contribution >= 4 is 17.7 Å². The summed E-state index contributed by atoms with van der Waals surface area (Å²) in [6, 6.07) is -0.182. The maximum Gasteiger partial charge on any atom is 0.246 e. The number of rotatable bonds is 3. The first-order chi connectivity index (χ1) is 15.8. The second-order valence-corrected chi connectivity index (χ2v) is 11.0. The lowest BCUT2D eigenvalue weighted by molar-refractivity contribution is -0.159. The van der Waals surface area contributed by atoms with Gasteiger partial charge in [-0.2, -0.15) is 0 Å². The molecule has 5 unspecified atom stereocenters. The van der Waals surface area contributed by atoms with E-state index in [-0.39, 0.29) is 54.4 Å². The molecule has 8 atom stereocenters. The van der Waals surface area contributed by atoms with Gasteiger partial charge in [0, 0.05) is 50.7 Å². The number of halogens is 1. The molecule has 5 fully saturated rings. The van der Waals surface area contributed by atoms with Crippen molar-refractivity contribution in [3.8, 4) is 0 Å². The van der Waals surface area contributed by atoms with Crippen LogP contribution in [0.15, 0.2) is 0 Å². The molecule has 0 spiro atoms. The van der Waals surface area contributed by atoms with Gasteiger partial charge in [0.2, 0.25) is 17.7 Å². The molecule has 0 aromatic rings. The number of fused-ring (bicyclic) bond motifs is 2. The Morgan fingerprint density at radius 3 is 2.73 bits per heavy atom. The quantitative estimate of drug-likeness (QED) is 0.637. The van der Waals surface area contributed by atoms with Crippen LogP contribution in [0.2, 0.25) is 0 Å². The predicted molar refractivity (Wildman–Crippen MR) is 121 cm³/mol. The number of amides is 3. The first-order valence-corrected chi connectivity index (χ1v) is 12.8. The fourth-order valence-electron chi connectivity index (χ4n) is 7.00. The molecule has 3 amide bonds. The van der Waals surface area contributed by atoms with E-state index in [0.29, 0.717) is 37.9 Å². The van der Waals surface area contributed by atoms with Crippen LogP contribution in [0.4, 0.5) is 4.39 Å². The van der Waals surface area contributed by atoms with Gasteiger partial charge in [0.15, 0.2) is 0 Å².